The highest BCUT2D eigenvalue weighted by Crippen LogP contribution is 2.34. The molecule has 1 aromatic carbocycles. The Hall–Kier alpha value is -2.57. The molecule has 0 bridgehead atoms. The third-order valence-corrected chi connectivity index (χ3v) is 4.80. The van der Waals surface area contributed by atoms with Crippen molar-refractivity contribution in [2.24, 2.45) is 0 Å². The third-order valence-electron chi connectivity index (χ3n) is 4.80. The number of carbonyl (C=O) groups excluding carboxylic acids is 3. The number of hydrogen-bond donors (Lipinski definition) is 1. The summed E-state index contributed by atoms with van der Waals surface area (Å²) in [5, 5.41) is 2.74. The van der Waals surface area contributed by atoms with Gasteiger partial charge in [-0.2, -0.15) is 0 Å². The molecular formula is C19H24N2O5. The summed E-state index contributed by atoms with van der Waals surface area (Å²) in [7, 11) is 0. The molecule has 1 aliphatic heterocycles. The molecule has 26 heavy (non-hydrogen) atoms. The van der Waals surface area contributed by atoms with Gasteiger partial charge in [-0.05, 0) is 49.9 Å². The van der Waals surface area contributed by atoms with Gasteiger partial charge in [0, 0.05) is 0 Å². The van der Waals surface area contributed by atoms with Crippen LogP contribution in [0.1, 0.15) is 36.8 Å². The first-order chi connectivity index (χ1) is 12.4. The molecule has 0 radical (unpaired) electrons. The number of ether oxygens (including phenoxy) is 2. The van der Waals surface area contributed by atoms with Crippen molar-refractivity contribution in [3.8, 4) is 5.75 Å². The number of amides is 3. The van der Waals surface area contributed by atoms with Crippen LogP contribution in [0, 0.1) is 13.8 Å². The number of benzene rings is 1. The number of nitrogens with zero attached hydrogens (tertiary/aromatic N) is 1. The molecule has 1 heterocycles. The van der Waals surface area contributed by atoms with Crippen molar-refractivity contribution in [1.82, 2.24) is 10.2 Å². The van der Waals surface area contributed by atoms with Crippen LogP contribution in [0.25, 0.3) is 0 Å². The maximum Gasteiger partial charge on any atom is 0.326 e. The van der Waals surface area contributed by atoms with Gasteiger partial charge >= 0.3 is 12.0 Å². The van der Waals surface area contributed by atoms with Crippen molar-refractivity contribution < 1.29 is 23.9 Å². The fourth-order valence-electron chi connectivity index (χ4n) is 3.64. The van der Waals surface area contributed by atoms with E-state index in [0.717, 1.165) is 34.6 Å². The number of carbonyl (C=O) groups is 3. The summed E-state index contributed by atoms with van der Waals surface area (Å²) < 4.78 is 10.7. The predicted octanol–water partition coefficient (Wildman–Crippen LogP) is 2.09. The molecule has 0 atom stereocenters. The van der Waals surface area contributed by atoms with E-state index in [1.807, 2.05) is 32.0 Å². The Kier molecular flexibility index (Phi) is 5.15. The van der Waals surface area contributed by atoms with Crippen molar-refractivity contribution in [3.63, 3.8) is 0 Å². The maximum absolute atomic E-state index is 12.5. The molecule has 1 aliphatic carbocycles. The molecular weight excluding hydrogens is 336 g/mol. The Morgan fingerprint density at radius 2 is 1.77 bits per heavy atom. The highest BCUT2D eigenvalue weighted by Gasteiger charge is 2.52. The third kappa shape index (κ3) is 3.81. The molecule has 1 saturated carbocycles. The first-order valence-electron chi connectivity index (χ1n) is 8.90. The molecule has 3 rings (SSSR count). The molecule has 2 aliphatic rings. The van der Waals surface area contributed by atoms with Crippen LogP contribution >= 0.6 is 0 Å². The molecule has 2 fully saturated rings. The summed E-state index contributed by atoms with van der Waals surface area (Å²) in [5.74, 6) is -0.216. The second-order valence-corrected chi connectivity index (χ2v) is 7.00. The Labute approximate surface area is 152 Å². The predicted molar refractivity (Wildman–Crippen MR) is 93.8 cm³/mol. The fraction of sp³-hybridized carbons (Fsp3) is 0.526. The van der Waals surface area contributed by atoms with E-state index >= 15 is 0 Å². The minimum Gasteiger partial charge on any atom is -0.490 e. The van der Waals surface area contributed by atoms with Crippen LogP contribution in [0.15, 0.2) is 18.2 Å². The van der Waals surface area contributed by atoms with Crippen LogP contribution in [-0.4, -0.2) is 48.1 Å². The summed E-state index contributed by atoms with van der Waals surface area (Å²) in [6, 6.07) is 5.34. The molecule has 0 unspecified atom stereocenters. The van der Waals surface area contributed by atoms with Crippen molar-refractivity contribution in [1.29, 1.82) is 0 Å². The number of aryl methyl sites for hydroxylation is 2. The molecule has 3 amide bonds. The minimum atomic E-state index is -0.802. The van der Waals surface area contributed by atoms with E-state index in [1.54, 1.807) is 0 Å². The van der Waals surface area contributed by atoms with Crippen LogP contribution in [0.3, 0.4) is 0 Å². The Morgan fingerprint density at radius 1 is 1.12 bits per heavy atom. The first-order valence-corrected chi connectivity index (χ1v) is 8.90. The fourth-order valence-corrected chi connectivity index (χ4v) is 3.64. The molecule has 7 nitrogen and oxygen atoms in total. The molecule has 1 N–H and O–H groups in total. The number of rotatable bonds is 6. The Bertz CT molecular complexity index is 704. The van der Waals surface area contributed by atoms with E-state index in [4.69, 9.17) is 9.47 Å². The van der Waals surface area contributed by atoms with Gasteiger partial charge in [-0.1, -0.05) is 18.9 Å². The van der Waals surface area contributed by atoms with E-state index < -0.39 is 17.5 Å². The SMILES string of the molecule is Cc1cc(C)cc(OCCOC(=O)CN2C(=O)NC3(CCCC3)C2=O)c1. The van der Waals surface area contributed by atoms with Gasteiger partial charge in [0.25, 0.3) is 5.91 Å². The monoisotopic (exact) mass is 360 g/mol. The average Bonchev–Trinajstić information content (AvgIpc) is 3.12. The van der Waals surface area contributed by atoms with Crippen LogP contribution in [0.2, 0.25) is 0 Å². The average molecular weight is 360 g/mol. The lowest BCUT2D eigenvalue weighted by atomic mass is 9.98. The number of esters is 1. The summed E-state index contributed by atoms with van der Waals surface area (Å²) in [4.78, 5) is 37.4. The van der Waals surface area contributed by atoms with Gasteiger partial charge in [0.05, 0.1) is 0 Å². The van der Waals surface area contributed by atoms with E-state index in [1.165, 1.54) is 0 Å². The van der Waals surface area contributed by atoms with Crippen molar-refractivity contribution in [2.45, 2.75) is 45.1 Å². The van der Waals surface area contributed by atoms with Crippen LogP contribution < -0.4 is 10.1 Å². The topological polar surface area (TPSA) is 84.9 Å². The van der Waals surface area contributed by atoms with E-state index in [-0.39, 0.29) is 25.7 Å². The quantitative estimate of drug-likeness (QED) is 0.477. The van der Waals surface area contributed by atoms with Gasteiger partial charge in [-0.15, -0.1) is 0 Å². The van der Waals surface area contributed by atoms with E-state index in [2.05, 4.69) is 5.32 Å². The van der Waals surface area contributed by atoms with Crippen LogP contribution in [0.5, 0.6) is 5.75 Å². The summed E-state index contributed by atoms with van der Waals surface area (Å²) in [6.07, 6.45) is 3.07. The smallest absolute Gasteiger partial charge is 0.326 e. The summed E-state index contributed by atoms with van der Waals surface area (Å²) in [6.45, 7) is 3.86. The number of hydrogen-bond acceptors (Lipinski definition) is 5. The standard InChI is InChI=1S/C19H24N2O5/c1-13-9-14(2)11-15(10-13)25-7-8-26-16(22)12-21-17(23)19(20-18(21)24)5-3-4-6-19/h9-11H,3-8,12H2,1-2H3,(H,20,24). The summed E-state index contributed by atoms with van der Waals surface area (Å²) >= 11 is 0. The molecule has 0 aromatic heterocycles. The lowest BCUT2D eigenvalue weighted by molar-refractivity contribution is -0.148. The highest BCUT2D eigenvalue weighted by atomic mass is 16.6. The van der Waals surface area contributed by atoms with Gasteiger partial charge < -0.3 is 14.8 Å². The van der Waals surface area contributed by atoms with Gasteiger partial charge in [-0.25, -0.2) is 4.79 Å². The van der Waals surface area contributed by atoms with Crippen molar-refractivity contribution in [3.05, 3.63) is 29.3 Å². The van der Waals surface area contributed by atoms with E-state index in [9.17, 15) is 14.4 Å². The lowest BCUT2D eigenvalue weighted by Crippen LogP contribution is -2.44. The zero-order valence-electron chi connectivity index (χ0n) is 15.2. The molecule has 1 aromatic rings. The van der Waals surface area contributed by atoms with Gasteiger partial charge in [-0.3, -0.25) is 14.5 Å². The minimum absolute atomic E-state index is 0.0562. The summed E-state index contributed by atoms with van der Waals surface area (Å²) in [5.41, 5.74) is 1.39. The van der Waals surface area contributed by atoms with Crippen LogP contribution in [-0.2, 0) is 14.3 Å². The Balaban J connectivity index is 1.44. The second kappa shape index (κ2) is 7.35. The largest absolute Gasteiger partial charge is 0.490 e. The zero-order valence-corrected chi connectivity index (χ0v) is 15.2. The van der Waals surface area contributed by atoms with Gasteiger partial charge in [0.15, 0.2) is 0 Å². The number of nitrogens with one attached hydrogen (secondary N) is 1. The van der Waals surface area contributed by atoms with Gasteiger partial charge in [0.1, 0.15) is 31.0 Å². The van der Waals surface area contributed by atoms with Crippen molar-refractivity contribution in [2.75, 3.05) is 19.8 Å². The van der Waals surface area contributed by atoms with E-state index in [0.29, 0.717) is 12.8 Å². The first kappa shape index (κ1) is 18.2. The maximum atomic E-state index is 12.5. The molecule has 7 heteroatoms. The Morgan fingerprint density at radius 3 is 2.42 bits per heavy atom. The number of imide groups is 1. The number of urea groups is 1. The molecule has 140 valence electrons. The lowest BCUT2D eigenvalue weighted by Gasteiger charge is -2.19. The second-order valence-electron chi connectivity index (χ2n) is 7.00. The van der Waals surface area contributed by atoms with Crippen molar-refractivity contribution >= 4 is 17.9 Å². The molecule has 1 saturated heterocycles. The zero-order chi connectivity index (χ0) is 18.7. The molecule has 1 spiro atoms. The van der Waals surface area contributed by atoms with Gasteiger partial charge in [0.2, 0.25) is 0 Å². The highest BCUT2D eigenvalue weighted by molar-refractivity contribution is 6.08. The van der Waals surface area contributed by atoms with Crippen LogP contribution in [0.4, 0.5) is 4.79 Å². The normalized spacial score (nSPS) is 18.3.